The van der Waals surface area contributed by atoms with Crippen LogP contribution in [0.15, 0.2) is 24.3 Å². The number of carboxylic acids is 1. The summed E-state index contributed by atoms with van der Waals surface area (Å²) in [5.74, 6) is -0.951. The Bertz CT molecular complexity index is 543. The molecule has 0 aliphatic rings. The molecular weight excluding hydrogens is 304 g/mol. The number of anilines is 1. The number of esters is 1. The zero-order valence-corrected chi connectivity index (χ0v) is 13.1. The number of hydrogen-bond acceptors (Lipinski definition) is 5. The Morgan fingerprint density at radius 1 is 1.22 bits per heavy atom. The van der Waals surface area contributed by atoms with E-state index in [1.54, 1.807) is 31.2 Å². The molecular formula is C15H20N2O6. The predicted molar refractivity (Wildman–Crippen MR) is 82.5 cm³/mol. The smallest absolute Gasteiger partial charge is 0.344 e. The van der Waals surface area contributed by atoms with Crippen LogP contribution in [-0.4, -0.2) is 54.8 Å². The molecule has 2 amide bonds. The van der Waals surface area contributed by atoms with E-state index in [4.69, 9.17) is 14.6 Å². The van der Waals surface area contributed by atoms with Crippen molar-refractivity contribution >= 4 is 23.7 Å². The van der Waals surface area contributed by atoms with Crippen molar-refractivity contribution in [2.45, 2.75) is 13.3 Å². The third-order valence-corrected chi connectivity index (χ3v) is 2.78. The third-order valence-electron chi connectivity index (χ3n) is 2.78. The number of amides is 2. The van der Waals surface area contributed by atoms with Gasteiger partial charge >= 0.3 is 18.0 Å². The van der Waals surface area contributed by atoms with Gasteiger partial charge < -0.3 is 24.8 Å². The highest BCUT2D eigenvalue weighted by Gasteiger charge is 2.10. The van der Waals surface area contributed by atoms with Crippen molar-refractivity contribution in [3.05, 3.63) is 24.3 Å². The molecule has 1 aromatic rings. The molecule has 0 bridgehead atoms. The maximum absolute atomic E-state index is 11.8. The number of nitrogens with zero attached hydrogens (tertiary/aromatic N) is 1. The van der Waals surface area contributed by atoms with Gasteiger partial charge in [-0.05, 0) is 31.2 Å². The average Bonchev–Trinajstić information content (AvgIpc) is 2.52. The minimum atomic E-state index is -0.965. The first-order valence-corrected chi connectivity index (χ1v) is 7.04. The first kappa shape index (κ1) is 18.3. The first-order valence-electron chi connectivity index (χ1n) is 7.04. The van der Waals surface area contributed by atoms with Gasteiger partial charge in [-0.2, -0.15) is 0 Å². The summed E-state index contributed by atoms with van der Waals surface area (Å²) >= 11 is 0. The van der Waals surface area contributed by atoms with Crippen molar-refractivity contribution in [3.63, 3.8) is 0 Å². The summed E-state index contributed by atoms with van der Waals surface area (Å²) in [6, 6.07) is 6.02. The van der Waals surface area contributed by atoms with Crippen molar-refractivity contribution in [1.82, 2.24) is 4.90 Å². The van der Waals surface area contributed by atoms with Gasteiger partial charge in [0.1, 0.15) is 5.75 Å². The Kier molecular flexibility index (Phi) is 7.38. The van der Waals surface area contributed by atoms with E-state index in [1.165, 1.54) is 11.9 Å². The number of aliphatic carboxylic acids is 1. The van der Waals surface area contributed by atoms with Crippen molar-refractivity contribution < 1.29 is 29.0 Å². The quantitative estimate of drug-likeness (QED) is 0.703. The molecule has 0 unspecified atom stereocenters. The van der Waals surface area contributed by atoms with E-state index >= 15 is 0 Å². The van der Waals surface area contributed by atoms with E-state index in [-0.39, 0.29) is 19.6 Å². The second-order valence-corrected chi connectivity index (χ2v) is 4.61. The minimum Gasteiger partial charge on any atom is -0.482 e. The van der Waals surface area contributed by atoms with Crippen LogP contribution < -0.4 is 10.1 Å². The van der Waals surface area contributed by atoms with E-state index in [1.807, 2.05) is 0 Å². The van der Waals surface area contributed by atoms with E-state index in [0.717, 1.165) is 0 Å². The summed E-state index contributed by atoms with van der Waals surface area (Å²) in [7, 11) is 1.51. The zero-order chi connectivity index (χ0) is 17.2. The predicted octanol–water partition coefficient (Wildman–Crippen LogP) is 1.57. The Morgan fingerprint density at radius 3 is 2.43 bits per heavy atom. The van der Waals surface area contributed by atoms with Crippen LogP contribution in [0.1, 0.15) is 13.3 Å². The van der Waals surface area contributed by atoms with Crippen LogP contribution in [0.25, 0.3) is 0 Å². The normalized spacial score (nSPS) is 9.83. The highest BCUT2D eigenvalue weighted by molar-refractivity contribution is 5.89. The van der Waals surface area contributed by atoms with Gasteiger partial charge in [0.25, 0.3) is 0 Å². The molecule has 0 fully saturated rings. The molecule has 1 rings (SSSR count). The van der Waals surface area contributed by atoms with Crippen molar-refractivity contribution in [3.8, 4) is 5.75 Å². The highest BCUT2D eigenvalue weighted by atomic mass is 16.6. The van der Waals surface area contributed by atoms with Gasteiger partial charge in [0.05, 0.1) is 13.0 Å². The maximum atomic E-state index is 11.8. The average molecular weight is 324 g/mol. The lowest BCUT2D eigenvalue weighted by Crippen LogP contribution is -2.33. The molecule has 0 aliphatic carbocycles. The first-order chi connectivity index (χ1) is 10.9. The van der Waals surface area contributed by atoms with Crippen LogP contribution in [0.5, 0.6) is 5.75 Å². The monoisotopic (exact) mass is 324 g/mol. The lowest BCUT2D eigenvalue weighted by molar-refractivity contribution is -0.145. The summed E-state index contributed by atoms with van der Waals surface area (Å²) in [5.41, 5.74) is 0.528. The molecule has 8 nitrogen and oxygen atoms in total. The SMILES string of the molecule is CCOC(=O)COc1ccc(NC(=O)N(C)CCC(=O)O)cc1. The fourth-order valence-electron chi connectivity index (χ4n) is 1.56. The van der Waals surface area contributed by atoms with E-state index in [0.29, 0.717) is 18.0 Å². The molecule has 0 saturated heterocycles. The summed E-state index contributed by atoms with van der Waals surface area (Å²) in [5, 5.41) is 11.2. The summed E-state index contributed by atoms with van der Waals surface area (Å²) < 4.78 is 9.97. The van der Waals surface area contributed by atoms with E-state index in [9.17, 15) is 14.4 Å². The van der Waals surface area contributed by atoms with Crippen LogP contribution >= 0.6 is 0 Å². The molecule has 0 aromatic heterocycles. The number of ether oxygens (including phenoxy) is 2. The molecule has 0 atom stereocenters. The number of rotatable bonds is 8. The molecule has 0 heterocycles. The van der Waals surface area contributed by atoms with Gasteiger partial charge in [0, 0.05) is 19.3 Å². The molecule has 0 aliphatic heterocycles. The molecule has 126 valence electrons. The number of carbonyl (C=O) groups is 3. The summed E-state index contributed by atoms with van der Waals surface area (Å²) in [6.07, 6.45) is -0.120. The fourth-order valence-corrected chi connectivity index (χ4v) is 1.56. The van der Waals surface area contributed by atoms with Gasteiger partial charge in [0.15, 0.2) is 6.61 Å². The van der Waals surface area contributed by atoms with Gasteiger partial charge in [-0.3, -0.25) is 4.79 Å². The number of carbonyl (C=O) groups excluding carboxylic acids is 2. The maximum Gasteiger partial charge on any atom is 0.344 e. The van der Waals surface area contributed by atoms with Crippen molar-refractivity contribution in [1.29, 1.82) is 0 Å². The standard InChI is InChI=1S/C15H20N2O6/c1-3-22-14(20)10-23-12-6-4-11(5-7-12)16-15(21)17(2)9-8-13(18)19/h4-7H,3,8-10H2,1-2H3,(H,16,21)(H,18,19). The van der Waals surface area contributed by atoms with Crippen molar-refractivity contribution in [2.24, 2.45) is 0 Å². The second-order valence-electron chi connectivity index (χ2n) is 4.61. The lowest BCUT2D eigenvalue weighted by atomic mass is 10.3. The molecule has 0 saturated carbocycles. The largest absolute Gasteiger partial charge is 0.482 e. The van der Waals surface area contributed by atoms with Crippen LogP contribution in [0, 0.1) is 0 Å². The third kappa shape index (κ3) is 7.16. The molecule has 0 spiro atoms. The zero-order valence-electron chi connectivity index (χ0n) is 13.1. The van der Waals surface area contributed by atoms with Gasteiger partial charge in [-0.1, -0.05) is 0 Å². The van der Waals surface area contributed by atoms with Gasteiger partial charge in [-0.15, -0.1) is 0 Å². The number of nitrogens with one attached hydrogen (secondary N) is 1. The number of urea groups is 1. The highest BCUT2D eigenvalue weighted by Crippen LogP contribution is 2.16. The molecule has 0 radical (unpaired) electrons. The molecule has 8 heteroatoms. The van der Waals surface area contributed by atoms with E-state index < -0.39 is 18.0 Å². The Hall–Kier alpha value is -2.77. The molecule has 2 N–H and O–H groups in total. The van der Waals surface area contributed by atoms with Crippen molar-refractivity contribution in [2.75, 3.05) is 32.1 Å². The molecule has 1 aromatic carbocycles. The minimum absolute atomic E-state index is 0.113. The lowest BCUT2D eigenvalue weighted by Gasteiger charge is -2.17. The second kappa shape index (κ2) is 9.29. The van der Waals surface area contributed by atoms with Crippen LogP contribution in [-0.2, 0) is 14.3 Å². The number of carboxylic acid groups (broad SMARTS) is 1. The number of benzene rings is 1. The summed E-state index contributed by atoms with van der Waals surface area (Å²) in [6.45, 7) is 1.94. The van der Waals surface area contributed by atoms with Gasteiger partial charge in [-0.25, -0.2) is 9.59 Å². The van der Waals surface area contributed by atoms with Crippen LogP contribution in [0.2, 0.25) is 0 Å². The van der Waals surface area contributed by atoms with Crippen LogP contribution in [0.4, 0.5) is 10.5 Å². The van der Waals surface area contributed by atoms with E-state index in [2.05, 4.69) is 5.32 Å². The fraction of sp³-hybridized carbons (Fsp3) is 0.400. The Balaban J connectivity index is 2.45. The Morgan fingerprint density at radius 2 is 1.87 bits per heavy atom. The Labute approximate surface area is 134 Å². The number of hydrogen-bond donors (Lipinski definition) is 2. The van der Waals surface area contributed by atoms with Gasteiger partial charge in [0.2, 0.25) is 0 Å². The van der Waals surface area contributed by atoms with Crippen LogP contribution in [0.3, 0.4) is 0 Å². The summed E-state index contributed by atoms with van der Waals surface area (Å²) in [4.78, 5) is 34.7. The molecule has 23 heavy (non-hydrogen) atoms. The topological polar surface area (TPSA) is 105 Å².